The number of aromatic nitrogens is 3. The number of halogens is 1. The number of hydrogen-bond donors (Lipinski definition) is 0. The zero-order valence-corrected chi connectivity index (χ0v) is 12.9. The maximum Gasteiger partial charge on any atom is 0.329 e. The van der Waals surface area contributed by atoms with E-state index in [1.54, 1.807) is 0 Å². The first kappa shape index (κ1) is 15.5. The lowest BCUT2D eigenvalue weighted by Gasteiger charge is -2.07. The van der Waals surface area contributed by atoms with Crippen LogP contribution in [0.1, 0.15) is 32.3 Å². The van der Waals surface area contributed by atoms with Crippen molar-refractivity contribution in [2.24, 2.45) is 0 Å². The van der Waals surface area contributed by atoms with Crippen molar-refractivity contribution in [3.63, 3.8) is 0 Å². The van der Waals surface area contributed by atoms with Gasteiger partial charge in [-0.2, -0.15) is 9.97 Å². The minimum absolute atomic E-state index is 0.0497. The zero-order valence-electron chi connectivity index (χ0n) is 12.2. The monoisotopic (exact) mass is 307 g/mol. The number of rotatable bonds is 7. The van der Waals surface area contributed by atoms with Gasteiger partial charge in [-0.3, -0.25) is 0 Å². The lowest BCUT2D eigenvalue weighted by Crippen LogP contribution is -2.03. The second kappa shape index (κ2) is 7.78. The molecule has 5 nitrogen and oxygen atoms in total. The number of hydrogen-bond acceptors (Lipinski definition) is 5. The van der Waals surface area contributed by atoms with E-state index in [1.807, 2.05) is 31.2 Å². The Kier molecular flexibility index (Phi) is 5.75. The Hall–Kier alpha value is -1.88. The van der Waals surface area contributed by atoms with Crippen LogP contribution in [0.15, 0.2) is 24.3 Å². The molecule has 2 aromatic rings. The van der Waals surface area contributed by atoms with E-state index in [0.717, 1.165) is 19.3 Å². The highest BCUT2D eigenvalue weighted by Gasteiger charge is 2.08. The third-order valence-electron chi connectivity index (χ3n) is 2.67. The van der Waals surface area contributed by atoms with Gasteiger partial charge in [0.15, 0.2) is 0 Å². The normalized spacial score (nSPS) is 10.4. The van der Waals surface area contributed by atoms with Crippen LogP contribution in [0.25, 0.3) is 0 Å². The Balaban J connectivity index is 2.09. The summed E-state index contributed by atoms with van der Waals surface area (Å²) >= 11 is 5.84. The van der Waals surface area contributed by atoms with Gasteiger partial charge in [-0.1, -0.05) is 32.4 Å². The molecule has 0 bridgehead atoms. The molecule has 1 aromatic carbocycles. The van der Waals surface area contributed by atoms with Crippen LogP contribution in [-0.4, -0.2) is 21.6 Å². The SMILES string of the molecule is CCCOc1nc(Cl)nc(Oc2ccc(CCC)cc2)n1. The van der Waals surface area contributed by atoms with E-state index in [9.17, 15) is 0 Å². The van der Waals surface area contributed by atoms with Crippen molar-refractivity contribution in [3.05, 3.63) is 35.1 Å². The maximum absolute atomic E-state index is 5.84. The Morgan fingerprint density at radius 2 is 1.67 bits per heavy atom. The number of ether oxygens (including phenoxy) is 2. The quantitative estimate of drug-likeness (QED) is 0.772. The molecule has 0 saturated heterocycles. The molecule has 0 N–H and O–H groups in total. The molecule has 0 unspecified atom stereocenters. The fourth-order valence-corrected chi connectivity index (χ4v) is 1.88. The van der Waals surface area contributed by atoms with Gasteiger partial charge in [-0.05, 0) is 42.1 Å². The van der Waals surface area contributed by atoms with E-state index in [2.05, 4.69) is 21.9 Å². The largest absolute Gasteiger partial charge is 0.463 e. The predicted molar refractivity (Wildman–Crippen MR) is 81.1 cm³/mol. The number of aryl methyl sites for hydroxylation is 1. The first-order valence-corrected chi connectivity index (χ1v) is 7.40. The summed E-state index contributed by atoms with van der Waals surface area (Å²) in [5.41, 5.74) is 1.27. The molecule has 0 aliphatic rings. The van der Waals surface area contributed by atoms with Crippen molar-refractivity contribution in [2.45, 2.75) is 33.1 Å². The topological polar surface area (TPSA) is 57.1 Å². The third-order valence-corrected chi connectivity index (χ3v) is 2.84. The van der Waals surface area contributed by atoms with E-state index < -0.39 is 0 Å². The van der Waals surface area contributed by atoms with Crippen LogP contribution in [0.4, 0.5) is 0 Å². The summed E-state index contributed by atoms with van der Waals surface area (Å²) in [7, 11) is 0. The maximum atomic E-state index is 5.84. The van der Waals surface area contributed by atoms with Crippen LogP contribution >= 0.6 is 11.6 Å². The summed E-state index contributed by atoms with van der Waals surface area (Å²) in [5, 5.41) is 0.0497. The lowest BCUT2D eigenvalue weighted by molar-refractivity contribution is 0.284. The number of nitrogens with zero attached hydrogens (tertiary/aromatic N) is 3. The lowest BCUT2D eigenvalue weighted by atomic mass is 10.1. The minimum atomic E-state index is 0.0497. The summed E-state index contributed by atoms with van der Waals surface area (Å²) in [5.74, 6) is 0.651. The molecular weight excluding hydrogens is 290 g/mol. The molecule has 0 saturated carbocycles. The van der Waals surface area contributed by atoms with Crippen LogP contribution in [0.5, 0.6) is 17.8 Å². The molecule has 0 aliphatic carbocycles. The fourth-order valence-electron chi connectivity index (χ4n) is 1.74. The smallest absolute Gasteiger partial charge is 0.329 e. The van der Waals surface area contributed by atoms with Crippen LogP contribution < -0.4 is 9.47 Å². The van der Waals surface area contributed by atoms with Crippen LogP contribution in [0, 0.1) is 0 Å². The van der Waals surface area contributed by atoms with Crippen LogP contribution in [0.3, 0.4) is 0 Å². The number of benzene rings is 1. The average molecular weight is 308 g/mol. The zero-order chi connectivity index (χ0) is 15.1. The average Bonchev–Trinajstić information content (AvgIpc) is 2.47. The summed E-state index contributed by atoms with van der Waals surface area (Å²) in [6.07, 6.45) is 3.02. The standard InChI is InChI=1S/C15H18ClN3O2/c1-3-5-11-6-8-12(9-7-11)21-15-18-13(16)17-14(19-15)20-10-4-2/h6-9H,3-5,10H2,1-2H3. The van der Waals surface area contributed by atoms with Gasteiger partial charge in [0.1, 0.15) is 5.75 Å². The van der Waals surface area contributed by atoms with Crippen LogP contribution in [0.2, 0.25) is 5.28 Å². The van der Waals surface area contributed by atoms with E-state index in [0.29, 0.717) is 12.4 Å². The summed E-state index contributed by atoms with van der Waals surface area (Å²) in [4.78, 5) is 11.9. The van der Waals surface area contributed by atoms with Crippen molar-refractivity contribution in [1.82, 2.24) is 15.0 Å². The fraction of sp³-hybridized carbons (Fsp3) is 0.400. The van der Waals surface area contributed by atoms with E-state index in [1.165, 1.54) is 5.56 Å². The van der Waals surface area contributed by atoms with Crippen molar-refractivity contribution >= 4 is 11.6 Å². The third kappa shape index (κ3) is 4.86. The van der Waals surface area contributed by atoms with Gasteiger partial charge in [-0.15, -0.1) is 4.98 Å². The molecule has 112 valence electrons. The molecule has 2 rings (SSSR count). The molecule has 0 fully saturated rings. The molecule has 0 spiro atoms. The summed E-state index contributed by atoms with van der Waals surface area (Å²) in [6.45, 7) is 4.67. The summed E-state index contributed by atoms with van der Waals surface area (Å²) < 4.78 is 10.9. The van der Waals surface area contributed by atoms with Gasteiger partial charge >= 0.3 is 12.0 Å². The van der Waals surface area contributed by atoms with E-state index in [-0.39, 0.29) is 17.3 Å². The van der Waals surface area contributed by atoms with Crippen molar-refractivity contribution in [3.8, 4) is 17.8 Å². The summed E-state index contributed by atoms with van der Waals surface area (Å²) in [6, 6.07) is 8.12. The van der Waals surface area contributed by atoms with Gasteiger partial charge in [0, 0.05) is 0 Å². The Labute approximate surface area is 129 Å². The van der Waals surface area contributed by atoms with Crippen molar-refractivity contribution in [1.29, 1.82) is 0 Å². The molecular formula is C15H18ClN3O2. The molecule has 1 heterocycles. The second-order valence-corrected chi connectivity index (χ2v) is 4.85. The first-order valence-electron chi connectivity index (χ1n) is 7.02. The molecule has 0 atom stereocenters. The highest BCUT2D eigenvalue weighted by atomic mass is 35.5. The Bertz CT molecular complexity index is 576. The Morgan fingerprint density at radius 3 is 2.33 bits per heavy atom. The van der Waals surface area contributed by atoms with Gasteiger partial charge in [-0.25, -0.2) is 0 Å². The second-order valence-electron chi connectivity index (χ2n) is 4.51. The Morgan fingerprint density at radius 1 is 0.952 bits per heavy atom. The molecule has 0 radical (unpaired) electrons. The van der Waals surface area contributed by atoms with Gasteiger partial charge in [0.05, 0.1) is 6.61 Å². The highest BCUT2D eigenvalue weighted by Crippen LogP contribution is 2.21. The van der Waals surface area contributed by atoms with Crippen molar-refractivity contribution < 1.29 is 9.47 Å². The molecule has 6 heteroatoms. The van der Waals surface area contributed by atoms with Gasteiger partial charge in [0.25, 0.3) is 0 Å². The van der Waals surface area contributed by atoms with Gasteiger partial charge in [0.2, 0.25) is 5.28 Å². The highest BCUT2D eigenvalue weighted by molar-refractivity contribution is 6.28. The molecule has 1 aromatic heterocycles. The van der Waals surface area contributed by atoms with Crippen LogP contribution in [-0.2, 0) is 6.42 Å². The van der Waals surface area contributed by atoms with E-state index in [4.69, 9.17) is 21.1 Å². The van der Waals surface area contributed by atoms with E-state index >= 15 is 0 Å². The molecule has 0 aliphatic heterocycles. The molecule has 0 amide bonds. The predicted octanol–water partition coefficient (Wildman–Crippen LogP) is 4.06. The first-order chi connectivity index (χ1) is 10.2. The minimum Gasteiger partial charge on any atom is -0.463 e. The van der Waals surface area contributed by atoms with Crippen molar-refractivity contribution in [2.75, 3.05) is 6.61 Å². The molecule has 21 heavy (non-hydrogen) atoms. The van der Waals surface area contributed by atoms with Gasteiger partial charge < -0.3 is 9.47 Å².